The molecule has 1 N–H and O–H groups in total. The van der Waals surface area contributed by atoms with Crippen molar-refractivity contribution < 1.29 is 4.79 Å². The zero-order chi connectivity index (χ0) is 16.0. The molecule has 6 heteroatoms. The lowest BCUT2D eigenvalue weighted by Crippen LogP contribution is -2.30. The number of carbonyl (C=O) groups is 1. The Bertz CT molecular complexity index is 874. The van der Waals surface area contributed by atoms with Crippen molar-refractivity contribution in [3.8, 4) is 0 Å². The van der Waals surface area contributed by atoms with Gasteiger partial charge in [0.1, 0.15) is 11.2 Å². The van der Waals surface area contributed by atoms with E-state index in [2.05, 4.69) is 21.5 Å². The SMILES string of the molecule is Cc1ccnc(C(NC(=O)c2cnn3ccn(C)c23)C2CC2)c1. The van der Waals surface area contributed by atoms with Gasteiger partial charge in [0.25, 0.3) is 5.91 Å². The molecule has 4 rings (SSSR count). The van der Waals surface area contributed by atoms with Crippen molar-refractivity contribution in [1.29, 1.82) is 0 Å². The molecule has 1 aliphatic carbocycles. The van der Waals surface area contributed by atoms with Crippen LogP contribution in [0.5, 0.6) is 0 Å². The van der Waals surface area contributed by atoms with E-state index in [4.69, 9.17) is 0 Å². The third-order valence-corrected chi connectivity index (χ3v) is 4.41. The highest BCUT2D eigenvalue weighted by Gasteiger charge is 2.35. The summed E-state index contributed by atoms with van der Waals surface area (Å²) >= 11 is 0. The summed E-state index contributed by atoms with van der Waals surface area (Å²) in [5.41, 5.74) is 3.49. The van der Waals surface area contributed by atoms with Crippen LogP contribution in [0.25, 0.3) is 5.65 Å². The van der Waals surface area contributed by atoms with Crippen LogP contribution < -0.4 is 5.32 Å². The normalized spacial score (nSPS) is 15.7. The standard InChI is InChI=1S/C17H19N5O/c1-11-5-6-18-14(9-11)15(12-3-4-12)20-16(23)13-10-19-22-8-7-21(2)17(13)22/h5-10,12,15H,3-4H2,1-2H3,(H,20,23). The maximum atomic E-state index is 12.8. The highest BCUT2D eigenvalue weighted by atomic mass is 16.1. The Morgan fingerprint density at radius 1 is 1.39 bits per heavy atom. The summed E-state index contributed by atoms with van der Waals surface area (Å²) < 4.78 is 3.62. The first-order valence-corrected chi connectivity index (χ1v) is 7.85. The summed E-state index contributed by atoms with van der Waals surface area (Å²) in [5, 5.41) is 7.40. The maximum Gasteiger partial charge on any atom is 0.257 e. The summed E-state index contributed by atoms with van der Waals surface area (Å²) in [5.74, 6) is 0.384. The summed E-state index contributed by atoms with van der Waals surface area (Å²) in [6.45, 7) is 2.04. The van der Waals surface area contributed by atoms with E-state index < -0.39 is 0 Å². The number of nitrogens with zero attached hydrogens (tertiary/aromatic N) is 4. The molecule has 0 aliphatic heterocycles. The molecule has 3 heterocycles. The van der Waals surface area contributed by atoms with Gasteiger partial charge in [-0.25, -0.2) is 4.52 Å². The zero-order valence-corrected chi connectivity index (χ0v) is 13.2. The molecule has 0 spiro atoms. The highest BCUT2D eigenvalue weighted by molar-refractivity contribution is 6.00. The fourth-order valence-electron chi connectivity index (χ4n) is 3.02. The molecule has 118 valence electrons. The second-order valence-corrected chi connectivity index (χ2v) is 6.28. The van der Waals surface area contributed by atoms with Crippen LogP contribution in [0.2, 0.25) is 0 Å². The van der Waals surface area contributed by atoms with Crippen LogP contribution >= 0.6 is 0 Å². The minimum Gasteiger partial charge on any atom is -0.343 e. The van der Waals surface area contributed by atoms with Crippen LogP contribution in [0, 0.1) is 12.8 Å². The predicted molar refractivity (Wildman–Crippen MR) is 86.1 cm³/mol. The number of pyridine rings is 1. The fraction of sp³-hybridized carbons (Fsp3) is 0.353. The second-order valence-electron chi connectivity index (χ2n) is 6.28. The van der Waals surface area contributed by atoms with E-state index in [1.165, 1.54) is 0 Å². The molecule has 0 aromatic carbocycles. The Hall–Kier alpha value is -2.63. The average Bonchev–Trinajstić information content (AvgIpc) is 3.17. The van der Waals surface area contributed by atoms with E-state index in [0.29, 0.717) is 11.5 Å². The van der Waals surface area contributed by atoms with Gasteiger partial charge < -0.3 is 9.88 Å². The predicted octanol–water partition coefficient (Wildman–Crippen LogP) is 2.26. The maximum absolute atomic E-state index is 12.8. The number of fused-ring (bicyclic) bond motifs is 1. The minimum absolute atomic E-state index is 0.0300. The summed E-state index contributed by atoms with van der Waals surface area (Å²) in [6.07, 6.45) is 9.42. The van der Waals surface area contributed by atoms with E-state index in [0.717, 1.165) is 29.7 Å². The first-order chi connectivity index (χ1) is 11.1. The molecule has 1 fully saturated rings. The van der Waals surface area contributed by atoms with Gasteiger partial charge in [-0.1, -0.05) is 0 Å². The molecule has 0 bridgehead atoms. The van der Waals surface area contributed by atoms with Crippen molar-refractivity contribution in [3.05, 3.63) is 53.7 Å². The monoisotopic (exact) mass is 309 g/mol. The number of imidazole rings is 1. The molecule has 1 unspecified atom stereocenters. The van der Waals surface area contributed by atoms with E-state index in [1.807, 2.05) is 43.2 Å². The van der Waals surface area contributed by atoms with E-state index in [9.17, 15) is 4.79 Å². The summed E-state index contributed by atoms with van der Waals surface area (Å²) in [7, 11) is 1.91. The Morgan fingerprint density at radius 2 is 2.22 bits per heavy atom. The Kier molecular flexibility index (Phi) is 3.18. The first kappa shape index (κ1) is 14.0. The number of rotatable bonds is 4. The van der Waals surface area contributed by atoms with Crippen LogP contribution in [0.3, 0.4) is 0 Å². The van der Waals surface area contributed by atoms with Gasteiger partial charge in [-0.15, -0.1) is 0 Å². The topological polar surface area (TPSA) is 64.2 Å². The molecule has 3 aromatic rings. The zero-order valence-electron chi connectivity index (χ0n) is 13.2. The third-order valence-electron chi connectivity index (χ3n) is 4.41. The van der Waals surface area contributed by atoms with Gasteiger partial charge in [-0.3, -0.25) is 9.78 Å². The van der Waals surface area contributed by atoms with Gasteiger partial charge in [0.2, 0.25) is 0 Å². The molecule has 3 aromatic heterocycles. The summed E-state index contributed by atoms with van der Waals surface area (Å²) in [6, 6.07) is 4.00. The number of aryl methyl sites for hydroxylation is 2. The third kappa shape index (κ3) is 2.50. The number of hydrogen-bond acceptors (Lipinski definition) is 3. The van der Waals surface area contributed by atoms with Crippen molar-refractivity contribution in [2.45, 2.75) is 25.8 Å². The van der Waals surface area contributed by atoms with Crippen LogP contribution in [0.1, 0.15) is 40.5 Å². The van der Waals surface area contributed by atoms with E-state index >= 15 is 0 Å². The highest BCUT2D eigenvalue weighted by Crippen LogP contribution is 2.40. The van der Waals surface area contributed by atoms with Gasteiger partial charge >= 0.3 is 0 Å². The van der Waals surface area contributed by atoms with Gasteiger partial charge in [0.05, 0.1) is 17.9 Å². The van der Waals surface area contributed by atoms with Crippen molar-refractivity contribution >= 4 is 11.6 Å². The largest absolute Gasteiger partial charge is 0.343 e. The van der Waals surface area contributed by atoms with Gasteiger partial charge in [0, 0.05) is 25.6 Å². The molecular weight excluding hydrogens is 290 g/mol. The number of amides is 1. The van der Waals surface area contributed by atoms with Gasteiger partial charge in [0.15, 0.2) is 0 Å². The minimum atomic E-state index is -0.0954. The molecular formula is C17H19N5O. The lowest BCUT2D eigenvalue weighted by molar-refractivity contribution is 0.0932. The van der Waals surface area contributed by atoms with E-state index in [1.54, 1.807) is 10.7 Å². The van der Waals surface area contributed by atoms with Crippen LogP contribution in [-0.2, 0) is 7.05 Å². The summed E-state index contributed by atoms with van der Waals surface area (Å²) in [4.78, 5) is 17.2. The Morgan fingerprint density at radius 3 is 2.96 bits per heavy atom. The van der Waals surface area contributed by atoms with Crippen molar-refractivity contribution in [3.63, 3.8) is 0 Å². The number of carbonyl (C=O) groups excluding carboxylic acids is 1. The molecule has 23 heavy (non-hydrogen) atoms. The second kappa shape index (κ2) is 5.22. The lowest BCUT2D eigenvalue weighted by atomic mass is 10.1. The molecule has 1 aliphatic rings. The Labute approximate surface area is 134 Å². The smallest absolute Gasteiger partial charge is 0.257 e. The molecule has 1 atom stereocenters. The quantitative estimate of drug-likeness (QED) is 0.804. The molecule has 6 nitrogen and oxygen atoms in total. The average molecular weight is 309 g/mol. The molecule has 1 amide bonds. The lowest BCUT2D eigenvalue weighted by Gasteiger charge is -2.18. The molecule has 1 saturated carbocycles. The van der Waals surface area contributed by atoms with Crippen LogP contribution in [0.4, 0.5) is 0 Å². The van der Waals surface area contributed by atoms with Crippen molar-refractivity contribution in [1.82, 2.24) is 24.5 Å². The first-order valence-electron chi connectivity index (χ1n) is 7.85. The van der Waals surface area contributed by atoms with Crippen LogP contribution in [-0.4, -0.2) is 25.1 Å². The Balaban J connectivity index is 1.64. The number of hydrogen-bond donors (Lipinski definition) is 1. The number of aromatic nitrogens is 4. The van der Waals surface area contributed by atoms with Crippen molar-refractivity contribution in [2.24, 2.45) is 13.0 Å². The molecule has 0 radical (unpaired) electrons. The van der Waals surface area contributed by atoms with Gasteiger partial charge in [-0.2, -0.15) is 5.10 Å². The fourth-order valence-corrected chi connectivity index (χ4v) is 3.02. The molecule has 0 saturated heterocycles. The van der Waals surface area contributed by atoms with Crippen molar-refractivity contribution in [2.75, 3.05) is 0 Å². The van der Waals surface area contributed by atoms with E-state index in [-0.39, 0.29) is 11.9 Å². The number of nitrogens with one attached hydrogen (secondary N) is 1. The van der Waals surface area contributed by atoms with Crippen LogP contribution in [0.15, 0.2) is 36.9 Å². The van der Waals surface area contributed by atoms with Gasteiger partial charge in [-0.05, 0) is 43.4 Å².